The number of hydrogen-bond donors (Lipinski definition) is 0. The summed E-state index contributed by atoms with van der Waals surface area (Å²) < 4.78 is 9.58. The van der Waals surface area contributed by atoms with Gasteiger partial charge in [0.1, 0.15) is 0 Å². The third-order valence-corrected chi connectivity index (χ3v) is 25.7. The second kappa shape index (κ2) is 31.2. The lowest BCUT2D eigenvalue weighted by Gasteiger charge is -2.14. The van der Waals surface area contributed by atoms with Crippen LogP contribution in [-0.4, -0.2) is 49.0 Å². The van der Waals surface area contributed by atoms with E-state index >= 15 is 0 Å². The summed E-state index contributed by atoms with van der Waals surface area (Å²) in [5, 5.41) is 9.85. The van der Waals surface area contributed by atoms with Crippen molar-refractivity contribution in [3.05, 3.63) is 425 Å². The van der Waals surface area contributed by atoms with Crippen LogP contribution in [0.25, 0.3) is 231 Å². The van der Waals surface area contributed by atoms with Crippen molar-refractivity contribution in [2.24, 2.45) is 0 Å². The van der Waals surface area contributed by atoms with Gasteiger partial charge in [-0.3, -0.25) is 9.97 Å². The van der Waals surface area contributed by atoms with Crippen molar-refractivity contribution in [1.82, 2.24) is 49.0 Å². The van der Waals surface area contributed by atoms with Gasteiger partial charge >= 0.3 is 0 Å². The number of hydrogen-bond acceptors (Lipinski definition) is 10. The molecule has 12 heteroatoms. The highest BCUT2D eigenvalue weighted by atomic mass is 32.1. The molecule has 0 saturated heterocycles. The minimum Gasteiger partial charge on any atom is -0.309 e. The fourth-order valence-corrected chi connectivity index (χ4v) is 19.8. The SMILES string of the molecule is c1ccc(-c2cccc(-c3cnc(-c4ccc5c(c4)sc4cc6c(cc45)c4ccccc4n6-c4ccccc4)c(-c4nc(-c5ccccc5)nc(-c5ccccc5)n4)c3)c2)cc1.c1ccc(-c2cccc(-c3cnc(-c4cccc5c4sc4cc6c(cc45)c4ccccc4n6-c4ccccc4)c(-c4nc(-c5ccccc5)nc(-c5ccccc5)n4)c3)c2)cc1. The minimum absolute atomic E-state index is 0.563. The maximum Gasteiger partial charge on any atom is 0.166 e. The van der Waals surface area contributed by atoms with E-state index in [9.17, 15) is 0 Å². The molecule has 10 nitrogen and oxygen atoms in total. The maximum absolute atomic E-state index is 5.37. The maximum atomic E-state index is 5.37. The van der Waals surface area contributed by atoms with Crippen LogP contribution in [-0.2, 0) is 0 Å². The summed E-state index contributed by atoms with van der Waals surface area (Å²) in [5.74, 6) is 3.55. The van der Waals surface area contributed by atoms with Gasteiger partial charge in [0.05, 0.1) is 33.5 Å². The Balaban J connectivity index is 0.000000143. The molecular weight excluding hydrogens is 1550 g/mol. The Morgan fingerprint density at radius 1 is 0.177 bits per heavy atom. The third-order valence-electron chi connectivity index (χ3n) is 23.4. The molecule has 0 amide bonds. The molecule has 0 aliphatic carbocycles. The molecule has 16 aromatic carbocycles. The van der Waals surface area contributed by atoms with Crippen molar-refractivity contribution < 1.29 is 0 Å². The molecule has 0 saturated carbocycles. The van der Waals surface area contributed by atoms with E-state index in [2.05, 4.69) is 288 Å². The number of para-hydroxylation sites is 4. The summed E-state index contributed by atoms with van der Waals surface area (Å²) in [7, 11) is 0. The molecule has 8 heterocycles. The Bertz CT molecular complexity index is 8090. The summed E-state index contributed by atoms with van der Waals surface area (Å²) in [6, 6.07) is 145. The number of nitrogens with zero attached hydrogens (tertiary/aromatic N) is 10. The van der Waals surface area contributed by atoms with Gasteiger partial charge in [-0.25, -0.2) is 29.9 Å². The van der Waals surface area contributed by atoms with Crippen molar-refractivity contribution in [1.29, 1.82) is 0 Å². The van der Waals surface area contributed by atoms with Crippen molar-refractivity contribution in [3.63, 3.8) is 0 Å². The standard InChI is InChI=1S/2C56H35N5S/c1-5-17-36(18-6-1)39-23-15-24-40(31-39)41-32-48(56-59-54(37-19-7-2-8-20-37)58-55(60-56)38-21-9-3-10-22-38)52(57-35-41)45-29-16-28-44-47-33-46-43-27-13-14-30-49(43)61(42-25-11-4-12-26-42)50(46)34-51(47)62-53(44)45;1-5-16-36(17-6-1)39-22-15-23-40(30-39)42-31-48(56-59-54(37-18-7-2-8-19-37)58-55(60-56)38-20-9-3-10-21-38)53(57-35-42)41-28-29-45-47-33-46-44-26-13-14-27-49(44)61(43-24-11-4-12-25-43)50(46)34-52(47)62-51(45)32-41/h2*1-35H. The van der Waals surface area contributed by atoms with Crippen molar-refractivity contribution >= 4 is 107 Å². The monoisotopic (exact) mass is 1620 g/mol. The van der Waals surface area contributed by atoms with E-state index in [-0.39, 0.29) is 0 Å². The average molecular weight is 1620 g/mol. The van der Waals surface area contributed by atoms with E-state index in [1.807, 2.05) is 169 Å². The van der Waals surface area contributed by atoms with Crippen LogP contribution in [0.3, 0.4) is 0 Å². The highest BCUT2D eigenvalue weighted by Gasteiger charge is 2.26. The number of rotatable bonds is 14. The Morgan fingerprint density at radius 3 is 0.968 bits per heavy atom. The molecule has 0 atom stereocenters. The van der Waals surface area contributed by atoms with Gasteiger partial charge < -0.3 is 9.13 Å². The van der Waals surface area contributed by atoms with Crippen LogP contribution >= 0.6 is 22.7 Å². The molecule has 0 N–H and O–H groups in total. The zero-order valence-corrected chi connectivity index (χ0v) is 68.3. The second-order valence-electron chi connectivity index (χ2n) is 30.9. The highest BCUT2D eigenvalue weighted by Crippen LogP contribution is 2.48. The first-order chi connectivity index (χ1) is 61.4. The summed E-state index contributed by atoms with van der Waals surface area (Å²) in [4.78, 5) is 41.6. The van der Waals surface area contributed by atoms with Gasteiger partial charge in [-0.15, -0.1) is 22.7 Å². The van der Waals surface area contributed by atoms with E-state index in [0.29, 0.717) is 34.9 Å². The quantitative estimate of drug-likeness (QED) is 0.106. The van der Waals surface area contributed by atoms with Gasteiger partial charge in [-0.2, -0.15) is 0 Å². The summed E-state index contributed by atoms with van der Waals surface area (Å²) in [6.45, 7) is 0. The predicted octanol–water partition coefficient (Wildman–Crippen LogP) is 29.5. The van der Waals surface area contributed by atoms with Gasteiger partial charge in [-0.05, 0) is 124 Å². The molecule has 0 aliphatic rings. The summed E-state index contributed by atoms with van der Waals surface area (Å²) >= 11 is 3.63. The lowest BCUT2D eigenvalue weighted by atomic mass is 9.96. The first-order valence-corrected chi connectivity index (χ1v) is 43.0. The number of pyridine rings is 2. The molecule has 0 aliphatic heterocycles. The van der Waals surface area contributed by atoms with E-state index in [4.69, 9.17) is 39.9 Å². The molecule has 8 aromatic heterocycles. The smallest absolute Gasteiger partial charge is 0.166 e. The number of benzene rings is 16. The van der Waals surface area contributed by atoms with E-state index in [0.717, 1.165) is 112 Å². The molecule has 24 aromatic rings. The Kier molecular flexibility index (Phi) is 18.4. The number of aromatic nitrogens is 10. The van der Waals surface area contributed by atoms with E-state index in [1.165, 1.54) is 84.0 Å². The molecular formula is C112H70N10S2. The fourth-order valence-electron chi connectivity index (χ4n) is 17.4. The Morgan fingerprint density at radius 2 is 0.516 bits per heavy atom. The molecule has 0 spiro atoms. The molecule has 0 unspecified atom stereocenters. The van der Waals surface area contributed by atoms with Crippen LogP contribution in [0.5, 0.6) is 0 Å². The van der Waals surface area contributed by atoms with Crippen LogP contribution in [0.4, 0.5) is 0 Å². The number of thiophene rings is 2. The zero-order valence-electron chi connectivity index (χ0n) is 66.7. The first-order valence-electron chi connectivity index (χ1n) is 41.4. The van der Waals surface area contributed by atoms with Crippen LogP contribution < -0.4 is 0 Å². The summed E-state index contributed by atoms with van der Waals surface area (Å²) in [6.07, 6.45) is 3.98. The minimum atomic E-state index is 0.563. The van der Waals surface area contributed by atoms with Crippen LogP contribution in [0.2, 0.25) is 0 Å². The van der Waals surface area contributed by atoms with Gasteiger partial charge in [0.2, 0.25) is 0 Å². The van der Waals surface area contributed by atoms with Crippen molar-refractivity contribution in [3.8, 4) is 147 Å². The molecule has 0 bridgehead atoms. The van der Waals surface area contributed by atoms with E-state index < -0.39 is 0 Å². The molecule has 0 fully saturated rings. The highest BCUT2D eigenvalue weighted by molar-refractivity contribution is 7.26. The average Bonchev–Trinajstić information content (AvgIpc) is 1.56. The van der Waals surface area contributed by atoms with Gasteiger partial charge in [-0.1, -0.05) is 322 Å². The fraction of sp³-hybridized carbons (Fsp3) is 0. The molecule has 124 heavy (non-hydrogen) atoms. The first kappa shape index (κ1) is 73.1. The van der Waals surface area contributed by atoms with Gasteiger partial charge in [0.25, 0.3) is 0 Å². The van der Waals surface area contributed by atoms with Crippen molar-refractivity contribution in [2.45, 2.75) is 0 Å². The Labute approximate surface area is 722 Å². The van der Waals surface area contributed by atoms with E-state index in [1.54, 1.807) is 0 Å². The van der Waals surface area contributed by atoms with Crippen LogP contribution in [0.1, 0.15) is 0 Å². The van der Waals surface area contributed by atoms with Crippen LogP contribution in [0.15, 0.2) is 425 Å². The van der Waals surface area contributed by atoms with Gasteiger partial charge in [0, 0.05) is 141 Å². The molecule has 0 radical (unpaired) electrons. The zero-order chi connectivity index (χ0) is 82.0. The summed E-state index contributed by atoms with van der Waals surface area (Å²) in [5.41, 5.74) is 24.8. The van der Waals surface area contributed by atoms with Crippen LogP contribution in [0, 0.1) is 0 Å². The largest absolute Gasteiger partial charge is 0.309 e. The Hall–Kier alpha value is -16.1. The third kappa shape index (κ3) is 13.4. The van der Waals surface area contributed by atoms with Gasteiger partial charge in [0.15, 0.2) is 34.9 Å². The normalized spacial score (nSPS) is 11.5. The lowest BCUT2D eigenvalue weighted by molar-refractivity contribution is 1.07. The lowest BCUT2D eigenvalue weighted by Crippen LogP contribution is -2.02. The van der Waals surface area contributed by atoms with Crippen molar-refractivity contribution in [2.75, 3.05) is 0 Å². The second-order valence-corrected chi connectivity index (χ2v) is 33.1. The molecule has 24 rings (SSSR count). The topological polar surface area (TPSA) is 113 Å². The number of fused-ring (bicyclic) bond motifs is 12. The predicted molar refractivity (Wildman–Crippen MR) is 515 cm³/mol. The molecule has 580 valence electrons.